The summed E-state index contributed by atoms with van der Waals surface area (Å²) in [7, 11) is -3.98. The van der Waals surface area contributed by atoms with Gasteiger partial charge in [0.2, 0.25) is 5.88 Å². The second-order valence-corrected chi connectivity index (χ2v) is 3.84. The molecule has 0 fully saturated rings. The van der Waals surface area contributed by atoms with Gasteiger partial charge in [0.05, 0.1) is 0 Å². The zero-order valence-electron chi connectivity index (χ0n) is 5.77. The normalized spacial score (nSPS) is 11.2. The quantitative estimate of drug-likeness (QED) is 0.774. The Bertz CT molecular complexity index is 378. The lowest BCUT2D eigenvalue weighted by molar-refractivity contribution is 0.477. The minimum Gasteiger partial charge on any atom is -0.350 e. The average Bonchev–Trinajstić information content (AvgIpc) is 1.82. The molecule has 0 amide bonds. The minimum absolute atomic E-state index is 0.0631. The molecule has 1 heterocycles. The summed E-state index contributed by atoms with van der Waals surface area (Å²) in [6, 6.07) is 4.60. The Morgan fingerprint density at radius 1 is 1.50 bits per heavy atom. The molecule has 0 unspecified atom stereocenters. The summed E-state index contributed by atoms with van der Waals surface area (Å²) >= 11 is 3.04. The van der Waals surface area contributed by atoms with Crippen molar-refractivity contribution in [3.63, 3.8) is 0 Å². The van der Waals surface area contributed by atoms with Gasteiger partial charge in [-0.05, 0) is 22.0 Å². The molecule has 0 aromatic carbocycles. The number of aromatic nitrogens is 1. The van der Waals surface area contributed by atoms with Gasteiger partial charge in [0.1, 0.15) is 4.60 Å². The van der Waals surface area contributed by atoms with Crippen LogP contribution in [0, 0.1) is 0 Å². The first-order chi connectivity index (χ1) is 5.47. The zero-order chi connectivity index (χ0) is 9.19. The van der Waals surface area contributed by atoms with Crippen LogP contribution in [0.5, 0.6) is 5.88 Å². The van der Waals surface area contributed by atoms with E-state index in [9.17, 15) is 8.42 Å². The van der Waals surface area contributed by atoms with Gasteiger partial charge in [-0.15, -0.1) is 0 Å². The van der Waals surface area contributed by atoms with Gasteiger partial charge in [0.25, 0.3) is 0 Å². The van der Waals surface area contributed by atoms with Crippen LogP contribution in [0.3, 0.4) is 0 Å². The zero-order valence-corrected chi connectivity index (χ0v) is 8.17. The number of nitrogens with zero attached hydrogens (tertiary/aromatic N) is 1. The van der Waals surface area contributed by atoms with Crippen molar-refractivity contribution >= 4 is 26.2 Å². The maximum atomic E-state index is 10.4. The summed E-state index contributed by atoms with van der Waals surface area (Å²) in [4.78, 5) is 3.69. The molecule has 7 heteroatoms. The summed E-state index contributed by atoms with van der Waals surface area (Å²) in [5.41, 5.74) is 0. The predicted octanol–water partition coefficient (Wildman–Crippen LogP) is 0.426. The molecule has 0 aliphatic rings. The summed E-state index contributed by atoms with van der Waals surface area (Å²) in [6.45, 7) is 0. The molecule has 0 saturated heterocycles. The molecule has 0 atom stereocenters. The Labute approximate surface area is 77.9 Å². The van der Waals surface area contributed by atoms with Crippen molar-refractivity contribution < 1.29 is 12.6 Å². The van der Waals surface area contributed by atoms with E-state index in [0.29, 0.717) is 4.60 Å². The Kier molecular flexibility index (Phi) is 2.65. The van der Waals surface area contributed by atoms with Crippen molar-refractivity contribution in [1.82, 2.24) is 4.98 Å². The van der Waals surface area contributed by atoms with Crippen molar-refractivity contribution in [2.75, 3.05) is 0 Å². The minimum atomic E-state index is -3.98. The number of pyridine rings is 1. The van der Waals surface area contributed by atoms with Gasteiger partial charge >= 0.3 is 10.3 Å². The lowest BCUT2D eigenvalue weighted by atomic mass is 10.5. The Morgan fingerprint density at radius 3 is 2.67 bits per heavy atom. The van der Waals surface area contributed by atoms with Gasteiger partial charge in [-0.1, -0.05) is 6.07 Å². The van der Waals surface area contributed by atoms with E-state index >= 15 is 0 Å². The fraction of sp³-hybridized carbons (Fsp3) is 0. The molecular formula is C5H5BrN2O3S. The average molecular weight is 253 g/mol. The molecular weight excluding hydrogens is 248 g/mol. The van der Waals surface area contributed by atoms with Gasteiger partial charge in [-0.3, -0.25) is 0 Å². The van der Waals surface area contributed by atoms with E-state index < -0.39 is 10.3 Å². The van der Waals surface area contributed by atoms with E-state index in [0.717, 1.165) is 0 Å². The third-order valence-electron chi connectivity index (χ3n) is 0.891. The Balaban J connectivity index is 2.91. The maximum absolute atomic E-state index is 10.4. The first-order valence-electron chi connectivity index (χ1n) is 2.82. The number of rotatable bonds is 2. The summed E-state index contributed by atoms with van der Waals surface area (Å²) < 4.78 is 25.6. The number of hydrogen-bond donors (Lipinski definition) is 1. The predicted molar refractivity (Wildman–Crippen MR) is 45.7 cm³/mol. The summed E-state index contributed by atoms with van der Waals surface area (Å²) in [6.07, 6.45) is 0. The molecule has 0 saturated carbocycles. The molecule has 2 N–H and O–H groups in total. The van der Waals surface area contributed by atoms with Gasteiger partial charge in [0, 0.05) is 6.07 Å². The Hall–Kier alpha value is -0.660. The molecule has 1 rings (SSSR count). The molecule has 1 aromatic heterocycles. The molecule has 5 nitrogen and oxygen atoms in total. The largest absolute Gasteiger partial charge is 0.381 e. The fourth-order valence-electron chi connectivity index (χ4n) is 0.555. The van der Waals surface area contributed by atoms with E-state index in [1.54, 1.807) is 12.1 Å². The van der Waals surface area contributed by atoms with E-state index in [4.69, 9.17) is 0 Å². The van der Waals surface area contributed by atoms with Crippen molar-refractivity contribution in [1.29, 1.82) is 0 Å². The lowest BCUT2D eigenvalue weighted by Crippen LogP contribution is -2.19. The molecule has 0 aliphatic carbocycles. The second kappa shape index (κ2) is 3.38. The van der Waals surface area contributed by atoms with E-state index in [2.05, 4.69) is 30.2 Å². The first kappa shape index (κ1) is 9.43. The molecule has 0 bridgehead atoms. The Morgan fingerprint density at radius 2 is 2.17 bits per heavy atom. The molecule has 0 aliphatic heterocycles. The van der Waals surface area contributed by atoms with Gasteiger partial charge in [0.15, 0.2) is 0 Å². The van der Waals surface area contributed by atoms with Gasteiger partial charge < -0.3 is 4.18 Å². The highest BCUT2D eigenvalue weighted by Crippen LogP contribution is 2.12. The third kappa shape index (κ3) is 3.16. The van der Waals surface area contributed by atoms with Crippen LogP contribution in [0.2, 0.25) is 0 Å². The molecule has 66 valence electrons. The number of hydrogen-bond acceptors (Lipinski definition) is 4. The van der Waals surface area contributed by atoms with Crippen LogP contribution in [0.4, 0.5) is 0 Å². The number of nitrogens with two attached hydrogens (primary N) is 1. The third-order valence-corrected chi connectivity index (χ3v) is 1.74. The van der Waals surface area contributed by atoms with Crippen LogP contribution in [0.1, 0.15) is 0 Å². The highest BCUT2D eigenvalue weighted by Gasteiger charge is 2.05. The van der Waals surface area contributed by atoms with Crippen molar-refractivity contribution in [3.05, 3.63) is 22.8 Å². The summed E-state index contributed by atoms with van der Waals surface area (Å²) in [5.74, 6) is -0.0631. The van der Waals surface area contributed by atoms with Crippen molar-refractivity contribution in [3.8, 4) is 5.88 Å². The van der Waals surface area contributed by atoms with E-state index in [1.165, 1.54) is 6.07 Å². The van der Waals surface area contributed by atoms with Gasteiger partial charge in [-0.25, -0.2) is 4.98 Å². The van der Waals surface area contributed by atoms with Crippen LogP contribution >= 0.6 is 15.9 Å². The standard InChI is InChI=1S/C5H5BrN2O3S/c6-4-2-1-3-5(8-4)11-12(7,9)10/h1-3H,(H2,7,9,10). The van der Waals surface area contributed by atoms with Crippen LogP contribution < -0.4 is 9.32 Å². The first-order valence-corrected chi connectivity index (χ1v) is 5.08. The molecule has 0 spiro atoms. The summed E-state index contributed by atoms with van der Waals surface area (Å²) in [5, 5.41) is 4.61. The van der Waals surface area contributed by atoms with Crippen LogP contribution in [0.15, 0.2) is 22.8 Å². The van der Waals surface area contributed by atoms with Crippen LogP contribution in [0.25, 0.3) is 0 Å². The van der Waals surface area contributed by atoms with E-state index in [-0.39, 0.29) is 5.88 Å². The smallest absolute Gasteiger partial charge is 0.350 e. The van der Waals surface area contributed by atoms with E-state index in [1.807, 2.05) is 0 Å². The molecule has 0 radical (unpaired) electrons. The highest BCUT2D eigenvalue weighted by molar-refractivity contribution is 9.10. The molecule has 1 aromatic rings. The van der Waals surface area contributed by atoms with Crippen LogP contribution in [-0.2, 0) is 10.3 Å². The van der Waals surface area contributed by atoms with Crippen molar-refractivity contribution in [2.24, 2.45) is 5.14 Å². The van der Waals surface area contributed by atoms with Gasteiger partial charge in [-0.2, -0.15) is 13.6 Å². The second-order valence-electron chi connectivity index (χ2n) is 1.87. The molecule has 12 heavy (non-hydrogen) atoms. The van der Waals surface area contributed by atoms with Crippen LogP contribution in [-0.4, -0.2) is 13.4 Å². The monoisotopic (exact) mass is 252 g/mol. The van der Waals surface area contributed by atoms with Crippen molar-refractivity contribution in [2.45, 2.75) is 0 Å². The fourth-order valence-corrected chi connectivity index (χ4v) is 1.21. The maximum Gasteiger partial charge on any atom is 0.381 e. The SMILES string of the molecule is NS(=O)(=O)Oc1cccc(Br)n1. The highest BCUT2D eigenvalue weighted by atomic mass is 79.9. The lowest BCUT2D eigenvalue weighted by Gasteiger charge is -1.99. The number of halogens is 1. The topological polar surface area (TPSA) is 82.3 Å².